The molecule has 13 nitrogen and oxygen atoms in total. The quantitative estimate of drug-likeness (QED) is 0.351. The van der Waals surface area contributed by atoms with Crippen LogP contribution in [0.15, 0.2) is 12.7 Å². The summed E-state index contributed by atoms with van der Waals surface area (Å²) in [5, 5.41) is 24.7. The Kier molecular flexibility index (Phi) is 6.46. The summed E-state index contributed by atoms with van der Waals surface area (Å²) in [6.07, 6.45) is 2.74. The van der Waals surface area contributed by atoms with E-state index in [1.165, 1.54) is 12.7 Å². The van der Waals surface area contributed by atoms with Crippen LogP contribution in [0.25, 0.3) is 0 Å². The Hall–Kier alpha value is -3.22. The lowest BCUT2D eigenvalue weighted by molar-refractivity contribution is 0.247. The second-order valence-corrected chi connectivity index (χ2v) is 4.74. The van der Waals surface area contributed by atoms with Gasteiger partial charge in [0.2, 0.25) is 11.9 Å². The fraction of sp³-hybridized carbons (Fsp3) is 0.455. The van der Waals surface area contributed by atoms with Crippen molar-refractivity contribution in [2.24, 2.45) is 0 Å². The zero-order chi connectivity index (χ0) is 17.2. The number of rotatable bonds is 8. The second kappa shape index (κ2) is 9.04. The predicted octanol–water partition coefficient (Wildman–Crippen LogP) is -1.20. The number of H-pyrrole nitrogens is 2. The molecule has 0 fully saturated rings. The maximum absolute atomic E-state index is 11.5. The molecule has 0 aliphatic heterocycles. The van der Waals surface area contributed by atoms with Crippen LogP contribution in [0.5, 0.6) is 0 Å². The molecule has 0 bridgehead atoms. The maximum Gasteiger partial charge on any atom is 0.321 e. The van der Waals surface area contributed by atoms with Gasteiger partial charge in [-0.15, -0.1) is 20.4 Å². The summed E-state index contributed by atoms with van der Waals surface area (Å²) in [5.41, 5.74) is 0. The molecule has 0 atom stereocenters. The number of nitrogens with zero attached hydrogens (tertiary/aromatic N) is 5. The molecule has 0 aromatic carbocycles. The highest BCUT2D eigenvalue weighted by Gasteiger charge is 2.06. The first-order valence-electron chi connectivity index (χ1n) is 7.14. The van der Waals surface area contributed by atoms with E-state index in [1.54, 1.807) is 0 Å². The van der Waals surface area contributed by atoms with Crippen molar-refractivity contribution in [3.63, 3.8) is 0 Å². The van der Waals surface area contributed by atoms with Crippen molar-refractivity contribution in [3.05, 3.63) is 12.7 Å². The molecule has 0 spiro atoms. The van der Waals surface area contributed by atoms with Crippen molar-refractivity contribution in [2.75, 3.05) is 43.9 Å². The molecule has 0 radical (unpaired) electrons. The maximum atomic E-state index is 11.5. The zero-order valence-electron chi connectivity index (χ0n) is 13.0. The van der Waals surface area contributed by atoms with Gasteiger partial charge in [0.15, 0.2) is 0 Å². The van der Waals surface area contributed by atoms with Crippen molar-refractivity contribution in [3.8, 4) is 0 Å². The number of aromatic nitrogens is 6. The summed E-state index contributed by atoms with van der Waals surface area (Å²) >= 11 is 0. The molecule has 0 unspecified atom stereocenters. The van der Waals surface area contributed by atoms with E-state index in [2.05, 4.69) is 51.6 Å². The molecule has 2 aromatic heterocycles. The molecule has 0 saturated heterocycles. The van der Waals surface area contributed by atoms with Gasteiger partial charge in [0.1, 0.15) is 12.7 Å². The lowest BCUT2D eigenvalue weighted by atomic mass is 10.5. The lowest BCUT2D eigenvalue weighted by Crippen LogP contribution is -2.39. The highest BCUT2D eigenvalue weighted by atomic mass is 16.2. The number of hydrogen-bond donors (Lipinski definition) is 6. The van der Waals surface area contributed by atoms with Gasteiger partial charge in [0.25, 0.3) is 0 Å². The number of carbonyl (C=O) groups excluding carboxylic acids is 2. The van der Waals surface area contributed by atoms with E-state index in [-0.39, 0.29) is 24.0 Å². The van der Waals surface area contributed by atoms with Crippen molar-refractivity contribution >= 4 is 24.0 Å². The molecule has 2 rings (SSSR count). The molecule has 0 aliphatic carbocycles. The van der Waals surface area contributed by atoms with Gasteiger partial charge in [-0.25, -0.2) is 9.59 Å². The molecular formula is C11H19N11O2. The molecule has 2 aromatic rings. The molecular weight excluding hydrogens is 318 g/mol. The van der Waals surface area contributed by atoms with Crippen LogP contribution >= 0.6 is 0 Å². The number of nitrogens with one attached hydrogen (secondary N) is 6. The van der Waals surface area contributed by atoms with Crippen LogP contribution in [0.1, 0.15) is 0 Å². The Labute approximate surface area is 137 Å². The highest BCUT2D eigenvalue weighted by molar-refractivity contribution is 5.87. The molecule has 0 aliphatic rings. The fourth-order valence-electron chi connectivity index (χ4n) is 1.67. The van der Waals surface area contributed by atoms with Crippen LogP contribution < -0.4 is 21.3 Å². The number of carbonyl (C=O) groups is 2. The Morgan fingerprint density at radius 3 is 1.79 bits per heavy atom. The van der Waals surface area contributed by atoms with E-state index in [0.29, 0.717) is 26.2 Å². The molecule has 6 N–H and O–H groups in total. The van der Waals surface area contributed by atoms with Crippen molar-refractivity contribution in [1.29, 1.82) is 0 Å². The number of hydrogen-bond acceptors (Lipinski definition) is 7. The van der Waals surface area contributed by atoms with E-state index < -0.39 is 0 Å². The molecule has 13 heteroatoms. The SMILES string of the molecule is CN(CCNC(=O)Nc1nnc[nH]1)CCNC(=O)Nc1nnc[nH]1. The van der Waals surface area contributed by atoms with Crippen LogP contribution in [-0.4, -0.2) is 80.6 Å². The third-order valence-electron chi connectivity index (χ3n) is 2.86. The summed E-state index contributed by atoms with van der Waals surface area (Å²) in [6, 6.07) is -0.741. The molecule has 0 saturated carbocycles. The number of amides is 4. The first-order chi connectivity index (χ1) is 11.6. The van der Waals surface area contributed by atoms with E-state index >= 15 is 0 Å². The van der Waals surface area contributed by atoms with E-state index in [0.717, 1.165) is 0 Å². The zero-order valence-corrected chi connectivity index (χ0v) is 13.0. The van der Waals surface area contributed by atoms with Gasteiger partial charge < -0.3 is 25.5 Å². The summed E-state index contributed by atoms with van der Waals surface area (Å²) in [7, 11) is 1.88. The number of anilines is 2. The average molecular weight is 337 g/mol. The van der Waals surface area contributed by atoms with Gasteiger partial charge in [-0.05, 0) is 7.05 Å². The van der Waals surface area contributed by atoms with Crippen LogP contribution in [0.3, 0.4) is 0 Å². The Morgan fingerprint density at radius 1 is 0.958 bits per heavy atom. The van der Waals surface area contributed by atoms with E-state index in [1.807, 2.05) is 11.9 Å². The lowest BCUT2D eigenvalue weighted by Gasteiger charge is -2.17. The van der Waals surface area contributed by atoms with Crippen molar-refractivity contribution in [1.82, 2.24) is 45.9 Å². The normalized spacial score (nSPS) is 10.4. The standard InChI is InChI=1S/C11H19N11O2/c1-22(4-2-12-10(23)18-8-14-6-16-20-8)5-3-13-11(24)19-9-15-7-17-21-9/h6-7H,2-5H2,1H3,(H3,12,14,16,18,20,23)(H3,13,15,17,19,21,24). The topological polar surface area (TPSA) is 169 Å². The van der Waals surface area contributed by atoms with Gasteiger partial charge in [-0.1, -0.05) is 0 Å². The van der Waals surface area contributed by atoms with Gasteiger partial charge in [0.05, 0.1) is 0 Å². The third-order valence-corrected chi connectivity index (χ3v) is 2.86. The molecule has 24 heavy (non-hydrogen) atoms. The first-order valence-corrected chi connectivity index (χ1v) is 7.14. The summed E-state index contributed by atoms with van der Waals surface area (Å²) in [6.45, 7) is 2.13. The van der Waals surface area contributed by atoms with Gasteiger partial charge >= 0.3 is 12.1 Å². The predicted molar refractivity (Wildman–Crippen MR) is 84.3 cm³/mol. The second-order valence-electron chi connectivity index (χ2n) is 4.74. The molecule has 2 heterocycles. The molecule has 130 valence electrons. The Balaban J connectivity index is 1.51. The van der Waals surface area contributed by atoms with Crippen LogP contribution in [0.4, 0.5) is 21.5 Å². The largest absolute Gasteiger partial charge is 0.337 e. The minimum absolute atomic E-state index is 0.280. The van der Waals surface area contributed by atoms with E-state index in [4.69, 9.17) is 0 Å². The van der Waals surface area contributed by atoms with Gasteiger partial charge in [-0.2, -0.15) is 0 Å². The Morgan fingerprint density at radius 2 is 1.42 bits per heavy atom. The molecule has 4 amide bonds. The third kappa shape index (κ3) is 6.27. The van der Waals surface area contributed by atoms with Gasteiger partial charge in [-0.3, -0.25) is 10.6 Å². The Bertz CT molecular complexity index is 558. The fourth-order valence-corrected chi connectivity index (χ4v) is 1.67. The first kappa shape index (κ1) is 17.1. The van der Waals surface area contributed by atoms with E-state index in [9.17, 15) is 9.59 Å². The number of urea groups is 2. The number of likely N-dealkylation sites (N-methyl/N-ethyl adjacent to an activating group) is 1. The summed E-state index contributed by atoms with van der Waals surface area (Å²) in [5.74, 6) is 0.561. The summed E-state index contributed by atoms with van der Waals surface area (Å²) in [4.78, 5) is 30.4. The van der Waals surface area contributed by atoms with Crippen LogP contribution in [0, 0.1) is 0 Å². The minimum Gasteiger partial charge on any atom is -0.337 e. The minimum atomic E-state index is -0.371. The smallest absolute Gasteiger partial charge is 0.321 e. The van der Waals surface area contributed by atoms with Crippen LogP contribution in [0.2, 0.25) is 0 Å². The van der Waals surface area contributed by atoms with Gasteiger partial charge in [0, 0.05) is 26.2 Å². The van der Waals surface area contributed by atoms with Crippen molar-refractivity contribution < 1.29 is 9.59 Å². The highest BCUT2D eigenvalue weighted by Crippen LogP contribution is 1.92. The monoisotopic (exact) mass is 337 g/mol. The summed E-state index contributed by atoms with van der Waals surface area (Å²) < 4.78 is 0. The average Bonchev–Trinajstić information content (AvgIpc) is 3.21. The number of aromatic amines is 2. The van der Waals surface area contributed by atoms with Crippen molar-refractivity contribution in [2.45, 2.75) is 0 Å². The van der Waals surface area contributed by atoms with Crippen LogP contribution in [-0.2, 0) is 0 Å².